The van der Waals surface area contributed by atoms with E-state index in [1.165, 1.54) is 11.1 Å². The first kappa shape index (κ1) is 38.2. The molecule has 1 N–H and O–H groups in total. The number of hydrogen-bond donors (Lipinski definition) is 1. The highest BCUT2D eigenvalue weighted by atomic mass is 16.9. The normalized spacial score (nSPS) is 18.1. The van der Waals surface area contributed by atoms with E-state index in [9.17, 15) is 14.4 Å². The zero-order chi connectivity index (χ0) is 36.9. The van der Waals surface area contributed by atoms with E-state index >= 15 is 0 Å². The fourth-order valence-corrected chi connectivity index (χ4v) is 6.04. The Morgan fingerprint density at radius 2 is 1.33 bits per heavy atom. The van der Waals surface area contributed by atoms with Gasteiger partial charge in [0.15, 0.2) is 5.79 Å². The minimum atomic E-state index is -1.39. The highest BCUT2D eigenvalue weighted by molar-refractivity contribution is 5.82. The van der Waals surface area contributed by atoms with E-state index in [0.29, 0.717) is 25.0 Å². The number of ether oxygens (including phenoxy) is 5. The van der Waals surface area contributed by atoms with Crippen LogP contribution in [0, 0.1) is 5.92 Å². The Bertz CT molecular complexity index is 1730. The summed E-state index contributed by atoms with van der Waals surface area (Å²) in [5, 5.41) is 2.63. The number of nitrogens with one attached hydrogen (secondary N) is 1. The van der Waals surface area contributed by atoms with E-state index < -0.39 is 48.4 Å². The maximum Gasteiger partial charge on any atom is 0.408 e. The number of hydrogen-bond acceptors (Lipinski definition) is 9. The summed E-state index contributed by atoms with van der Waals surface area (Å²) in [5.74, 6) is -3.64. The van der Waals surface area contributed by atoms with Crippen LogP contribution < -0.4 is 5.32 Å². The number of rotatable bonds is 16. The molecule has 0 saturated carbocycles. The van der Waals surface area contributed by atoms with Crippen molar-refractivity contribution in [2.45, 2.75) is 96.7 Å². The number of aryl methyl sites for hydroxylation is 3. The van der Waals surface area contributed by atoms with Crippen LogP contribution in [-0.4, -0.2) is 47.4 Å². The molecule has 1 saturated heterocycles. The molecule has 52 heavy (non-hydrogen) atoms. The number of aromatic nitrogens is 1. The molecule has 5 rings (SSSR count). The second kappa shape index (κ2) is 18.4. The van der Waals surface area contributed by atoms with E-state index in [4.69, 9.17) is 23.7 Å². The Hall–Kier alpha value is -5.06. The summed E-state index contributed by atoms with van der Waals surface area (Å²) in [4.78, 5) is 44.7. The fourth-order valence-electron chi connectivity index (χ4n) is 6.04. The van der Waals surface area contributed by atoms with Crippen molar-refractivity contribution in [3.63, 3.8) is 0 Å². The lowest BCUT2D eigenvalue weighted by Crippen LogP contribution is -2.48. The fraction of sp³-hybridized carbons (Fsp3) is 0.381. The minimum Gasteiger partial charge on any atom is -0.445 e. The zero-order valence-corrected chi connectivity index (χ0v) is 30.2. The number of benzene rings is 3. The second-order valence-corrected chi connectivity index (χ2v) is 13.4. The van der Waals surface area contributed by atoms with Crippen LogP contribution in [-0.2, 0) is 59.1 Å². The molecule has 1 aliphatic heterocycles. The summed E-state index contributed by atoms with van der Waals surface area (Å²) >= 11 is 0. The van der Waals surface area contributed by atoms with Crippen LogP contribution in [0.5, 0.6) is 0 Å². The number of amides is 1. The number of alkyl carbamates (subject to hydrolysis) is 1. The first-order valence-corrected chi connectivity index (χ1v) is 17.9. The van der Waals surface area contributed by atoms with Crippen LogP contribution in [0.1, 0.15) is 74.4 Å². The molecule has 0 spiro atoms. The Kier molecular flexibility index (Phi) is 13.5. The summed E-state index contributed by atoms with van der Waals surface area (Å²) in [7, 11) is 0. The average Bonchev–Trinajstić information content (AvgIpc) is 3.44. The van der Waals surface area contributed by atoms with Crippen molar-refractivity contribution in [3.8, 4) is 0 Å². The molecule has 1 aromatic heterocycles. The van der Waals surface area contributed by atoms with Gasteiger partial charge < -0.3 is 29.0 Å². The van der Waals surface area contributed by atoms with Crippen LogP contribution in [0.25, 0.3) is 0 Å². The van der Waals surface area contributed by atoms with Crippen LogP contribution in [0.15, 0.2) is 109 Å². The van der Waals surface area contributed by atoms with Crippen molar-refractivity contribution in [1.82, 2.24) is 10.3 Å². The molecule has 5 atom stereocenters. The van der Waals surface area contributed by atoms with Gasteiger partial charge in [0.1, 0.15) is 12.6 Å². The number of pyridine rings is 1. The molecule has 1 unspecified atom stereocenters. The van der Waals surface area contributed by atoms with Gasteiger partial charge in [-0.1, -0.05) is 111 Å². The monoisotopic (exact) mass is 708 g/mol. The van der Waals surface area contributed by atoms with Crippen LogP contribution >= 0.6 is 0 Å². The molecule has 274 valence electrons. The van der Waals surface area contributed by atoms with Gasteiger partial charge in [-0.05, 0) is 79.8 Å². The van der Waals surface area contributed by atoms with Gasteiger partial charge in [-0.15, -0.1) is 0 Å². The highest BCUT2D eigenvalue weighted by Gasteiger charge is 2.48. The van der Waals surface area contributed by atoms with Gasteiger partial charge in [0.25, 0.3) is 12.6 Å². The molecular formula is C42H48N2O8. The molecule has 1 aliphatic rings. The molecule has 1 amide bonds. The van der Waals surface area contributed by atoms with Gasteiger partial charge in [0, 0.05) is 6.20 Å². The largest absolute Gasteiger partial charge is 0.445 e. The Morgan fingerprint density at radius 1 is 0.750 bits per heavy atom. The van der Waals surface area contributed by atoms with Crippen molar-refractivity contribution in [1.29, 1.82) is 0 Å². The Morgan fingerprint density at radius 3 is 1.94 bits per heavy atom. The predicted molar refractivity (Wildman–Crippen MR) is 195 cm³/mol. The zero-order valence-electron chi connectivity index (χ0n) is 30.2. The topological polar surface area (TPSA) is 122 Å². The molecule has 10 heteroatoms. The predicted octanol–water partition coefficient (Wildman–Crippen LogP) is 7.45. The number of carbonyl (C=O) groups excluding carboxylic acids is 3. The third kappa shape index (κ3) is 11.0. The van der Waals surface area contributed by atoms with Crippen molar-refractivity contribution in [2.24, 2.45) is 5.92 Å². The van der Waals surface area contributed by atoms with E-state index in [-0.39, 0.29) is 12.5 Å². The third-order valence-electron chi connectivity index (χ3n) is 9.12. The van der Waals surface area contributed by atoms with Gasteiger partial charge in [0.05, 0.1) is 11.6 Å². The minimum absolute atomic E-state index is 0.0391. The van der Waals surface area contributed by atoms with E-state index in [1.54, 1.807) is 32.2 Å². The van der Waals surface area contributed by atoms with Crippen molar-refractivity contribution >= 4 is 18.0 Å². The van der Waals surface area contributed by atoms with Crippen LogP contribution in [0.4, 0.5) is 4.79 Å². The lowest BCUT2D eigenvalue weighted by atomic mass is 9.92. The summed E-state index contributed by atoms with van der Waals surface area (Å²) in [5.41, 5.74) is 4.98. The van der Waals surface area contributed by atoms with E-state index in [1.807, 2.05) is 80.6 Å². The first-order valence-electron chi connectivity index (χ1n) is 17.9. The molecule has 0 bridgehead atoms. The van der Waals surface area contributed by atoms with Gasteiger partial charge in [-0.2, -0.15) is 0 Å². The second-order valence-electron chi connectivity index (χ2n) is 13.4. The number of carbonyl (C=O) groups is 3. The van der Waals surface area contributed by atoms with Gasteiger partial charge in [-0.3, -0.25) is 9.78 Å². The molecule has 2 heterocycles. The highest BCUT2D eigenvalue weighted by Crippen LogP contribution is 2.33. The smallest absolute Gasteiger partial charge is 0.408 e. The van der Waals surface area contributed by atoms with Crippen LogP contribution in [0.3, 0.4) is 0 Å². The molecule has 3 aromatic carbocycles. The number of esters is 2. The maximum absolute atomic E-state index is 14.0. The Balaban J connectivity index is 1.26. The van der Waals surface area contributed by atoms with Crippen molar-refractivity contribution in [3.05, 3.63) is 137 Å². The maximum atomic E-state index is 14.0. The van der Waals surface area contributed by atoms with Gasteiger partial charge in [0.2, 0.25) is 0 Å². The summed E-state index contributed by atoms with van der Waals surface area (Å²) in [6.07, 6.45) is 1.48. The first-order chi connectivity index (χ1) is 25.1. The van der Waals surface area contributed by atoms with Gasteiger partial charge >= 0.3 is 18.0 Å². The molecule has 10 nitrogen and oxygen atoms in total. The summed E-state index contributed by atoms with van der Waals surface area (Å²) in [6, 6.07) is 32.2. The van der Waals surface area contributed by atoms with Crippen molar-refractivity contribution in [2.75, 3.05) is 0 Å². The lowest BCUT2D eigenvalue weighted by Gasteiger charge is -2.25. The summed E-state index contributed by atoms with van der Waals surface area (Å²) < 4.78 is 28.9. The molecule has 0 radical (unpaired) electrons. The lowest BCUT2D eigenvalue weighted by molar-refractivity contribution is -0.207. The van der Waals surface area contributed by atoms with E-state index in [0.717, 1.165) is 24.0 Å². The van der Waals surface area contributed by atoms with Crippen LogP contribution in [0.2, 0.25) is 0 Å². The molecule has 0 aliphatic carbocycles. The quantitative estimate of drug-likeness (QED) is 0.0935. The SMILES string of the molecule is CC[C@H](C)[C@H](NC(=O)OCc1ccccc1)C(=O)O[C@H]1OC(C)(C)O[C@H]1OC(=O)C(CCc1ccccc1CCc1ccccc1)c1ccccn1. The molecule has 4 aromatic rings. The molecular weight excluding hydrogens is 660 g/mol. The van der Waals surface area contributed by atoms with E-state index in [2.05, 4.69) is 34.6 Å². The third-order valence-corrected chi connectivity index (χ3v) is 9.12. The standard InChI is InChI=1S/C42H48N2O8/c1-5-29(2)36(44-41(47)48-28-31-18-10-7-11-19-31)38(46)50-40-39(51-42(3,4)52-40)49-37(45)34(35-22-14-15-27-43-35)26-25-33-21-13-12-20-32(33)24-23-30-16-8-6-9-17-30/h6-22,27,29,34,36,39-40H,5,23-26,28H2,1-4H3,(H,44,47)/t29-,34?,36-,39+,40-/m0/s1. The summed E-state index contributed by atoms with van der Waals surface area (Å²) in [6.45, 7) is 7.01. The average molecular weight is 709 g/mol. The number of nitrogens with zero attached hydrogens (tertiary/aromatic N) is 1. The molecule has 1 fully saturated rings. The van der Waals surface area contributed by atoms with Crippen molar-refractivity contribution < 1.29 is 38.1 Å². The van der Waals surface area contributed by atoms with Gasteiger partial charge in [-0.25, -0.2) is 9.59 Å². The Labute approximate surface area is 305 Å².